The molecule has 1 fully saturated rings. The largest absolute Gasteiger partial charge is 0.469 e. The number of halogens is 2. The van der Waals surface area contributed by atoms with Gasteiger partial charge in [0.2, 0.25) is 0 Å². The van der Waals surface area contributed by atoms with E-state index in [4.69, 9.17) is 16.0 Å². The first-order chi connectivity index (χ1) is 11.6. The zero-order chi connectivity index (χ0) is 16.7. The molecule has 0 N–H and O–H groups in total. The molecule has 0 saturated carbocycles. The van der Waals surface area contributed by atoms with Crippen molar-refractivity contribution in [3.63, 3.8) is 0 Å². The van der Waals surface area contributed by atoms with Gasteiger partial charge in [-0.2, -0.15) is 0 Å². The second-order valence-corrected chi connectivity index (χ2v) is 6.27. The number of fused-ring (bicyclic) bond motifs is 1. The lowest BCUT2D eigenvalue weighted by Gasteiger charge is -2.17. The average molecular weight is 345 g/mol. The summed E-state index contributed by atoms with van der Waals surface area (Å²) in [5, 5.41) is 0.783. The van der Waals surface area contributed by atoms with Crippen molar-refractivity contribution in [2.45, 2.75) is 12.3 Å². The van der Waals surface area contributed by atoms with Crippen LogP contribution in [0, 0.1) is 5.82 Å². The average Bonchev–Trinajstić information content (AvgIpc) is 3.24. The molecule has 4 rings (SSSR count). The third kappa shape index (κ3) is 2.65. The van der Waals surface area contributed by atoms with Gasteiger partial charge in [-0.15, -0.1) is 0 Å². The highest BCUT2D eigenvalue weighted by Crippen LogP contribution is 2.30. The zero-order valence-electron chi connectivity index (χ0n) is 12.7. The van der Waals surface area contributed by atoms with Gasteiger partial charge in [0, 0.05) is 30.5 Å². The summed E-state index contributed by atoms with van der Waals surface area (Å²) in [6, 6.07) is 9.70. The van der Waals surface area contributed by atoms with E-state index in [0.717, 1.165) is 12.2 Å². The molecule has 0 radical (unpaired) electrons. The van der Waals surface area contributed by atoms with Gasteiger partial charge < -0.3 is 9.32 Å². The lowest BCUT2D eigenvalue weighted by Crippen LogP contribution is -2.28. The summed E-state index contributed by atoms with van der Waals surface area (Å²) in [7, 11) is 0. The molecule has 1 aromatic carbocycles. The van der Waals surface area contributed by atoms with Gasteiger partial charge in [-0.05, 0) is 36.8 Å². The second kappa shape index (κ2) is 5.91. The number of aromatic nitrogens is 1. The number of rotatable bonds is 2. The van der Waals surface area contributed by atoms with Gasteiger partial charge in [-0.25, -0.2) is 9.37 Å². The Morgan fingerprint density at radius 3 is 3.00 bits per heavy atom. The van der Waals surface area contributed by atoms with E-state index in [1.807, 2.05) is 12.1 Å². The van der Waals surface area contributed by atoms with Gasteiger partial charge in [0.25, 0.3) is 5.91 Å². The first-order valence-corrected chi connectivity index (χ1v) is 8.08. The zero-order valence-corrected chi connectivity index (χ0v) is 13.5. The van der Waals surface area contributed by atoms with Crippen molar-refractivity contribution in [2.24, 2.45) is 0 Å². The second-order valence-electron chi connectivity index (χ2n) is 5.92. The lowest BCUT2D eigenvalue weighted by atomic mass is 10.1. The number of furan rings is 1. The highest BCUT2D eigenvalue weighted by Gasteiger charge is 2.30. The maximum atomic E-state index is 13.3. The molecule has 0 spiro atoms. The van der Waals surface area contributed by atoms with Crippen molar-refractivity contribution in [1.82, 2.24) is 9.88 Å². The Bertz CT molecular complexity index is 911. The molecule has 1 atom stereocenters. The molecule has 1 saturated heterocycles. The molecule has 6 heteroatoms. The molecule has 1 aliphatic heterocycles. The number of carbonyl (C=O) groups is 1. The summed E-state index contributed by atoms with van der Waals surface area (Å²) in [4.78, 5) is 18.7. The minimum Gasteiger partial charge on any atom is -0.469 e. The van der Waals surface area contributed by atoms with Crippen LogP contribution < -0.4 is 0 Å². The van der Waals surface area contributed by atoms with Crippen LogP contribution in [0.15, 0.2) is 47.1 Å². The van der Waals surface area contributed by atoms with E-state index in [2.05, 4.69) is 4.98 Å². The predicted molar refractivity (Wildman–Crippen MR) is 88.7 cm³/mol. The molecule has 1 unspecified atom stereocenters. The van der Waals surface area contributed by atoms with Crippen LogP contribution in [0.2, 0.25) is 5.15 Å². The summed E-state index contributed by atoms with van der Waals surface area (Å²) in [6.07, 6.45) is 2.49. The van der Waals surface area contributed by atoms with Crippen LogP contribution >= 0.6 is 11.6 Å². The van der Waals surface area contributed by atoms with E-state index in [-0.39, 0.29) is 22.8 Å². The Kier molecular flexibility index (Phi) is 3.73. The van der Waals surface area contributed by atoms with Gasteiger partial charge in [0.05, 0.1) is 17.3 Å². The number of pyridine rings is 1. The fourth-order valence-corrected chi connectivity index (χ4v) is 3.36. The summed E-state index contributed by atoms with van der Waals surface area (Å²) in [6.45, 7) is 1.23. The van der Waals surface area contributed by atoms with Gasteiger partial charge in [-0.1, -0.05) is 11.6 Å². The molecule has 1 amide bonds. The standard InChI is InChI=1S/C18H14ClFN2O2/c19-17-14(8-11-3-4-13(20)9-15(11)21-17)18(23)22-6-5-12(10-22)16-2-1-7-24-16/h1-4,7-9,12H,5-6,10H2. The molecular weight excluding hydrogens is 331 g/mol. The number of likely N-dealkylation sites (tertiary alicyclic amines) is 1. The number of hydrogen-bond acceptors (Lipinski definition) is 3. The summed E-state index contributed by atoms with van der Waals surface area (Å²) >= 11 is 6.17. The molecule has 122 valence electrons. The minimum absolute atomic E-state index is 0.0968. The molecule has 0 aliphatic carbocycles. The Labute approximate surface area is 142 Å². The van der Waals surface area contributed by atoms with E-state index >= 15 is 0 Å². The van der Waals surface area contributed by atoms with Crippen molar-refractivity contribution < 1.29 is 13.6 Å². The van der Waals surface area contributed by atoms with E-state index in [0.29, 0.717) is 29.6 Å². The minimum atomic E-state index is -0.383. The first-order valence-electron chi connectivity index (χ1n) is 7.70. The Morgan fingerprint density at radius 2 is 2.21 bits per heavy atom. The van der Waals surface area contributed by atoms with Crippen LogP contribution in [-0.4, -0.2) is 28.9 Å². The summed E-state index contributed by atoms with van der Waals surface area (Å²) < 4.78 is 18.7. The third-order valence-corrected chi connectivity index (χ3v) is 4.67. The smallest absolute Gasteiger partial charge is 0.257 e. The number of benzene rings is 1. The van der Waals surface area contributed by atoms with E-state index in [9.17, 15) is 9.18 Å². The van der Waals surface area contributed by atoms with Crippen molar-refractivity contribution >= 4 is 28.4 Å². The number of nitrogens with zero attached hydrogens (tertiary/aromatic N) is 2. The van der Waals surface area contributed by atoms with Crippen molar-refractivity contribution in [1.29, 1.82) is 0 Å². The van der Waals surface area contributed by atoms with Crippen molar-refractivity contribution in [2.75, 3.05) is 13.1 Å². The normalized spacial score (nSPS) is 17.6. The number of amides is 1. The number of carbonyl (C=O) groups excluding carboxylic acids is 1. The quantitative estimate of drug-likeness (QED) is 0.653. The molecule has 2 aromatic heterocycles. The van der Waals surface area contributed by atoms with E-state index in [1.165, 1.54) is 12.1 Å². The van der Waals surface area contributed by atoms with Crippen LogP contribution in [0.5, 0.6) is 0 Å². The maximum absolute atomic E-state index is 13.3. The highest BCUT2D eigenvalue weighted by atomic mass is 35.5. The van der Waals surface area contributed by atoms with Crippen LogP contribution in [0.3, 0.4) is 0 Å². The van der Waals surface area contributed by atoms with Crippen LogP contribution in [-0.2, 0) is 0 Å². The maximum Gasteiger partial charge on any atom is 0.257 e. The molecule has 1 aliphatic rings. The molecule has 24 heavy (non-hydrogen) atoms. The SMILES string of the molecule is O=C(c1cc2ccc(F)cc2nc1Cl)N1CCC(c2ccco2)C1. The fourth-order valence-electron chi connectivity index (χ4n) is 3.14. The molecule has 4 nitrogen and oxygen atoms in total. The van der Waals surface area contributed by atoms with Crippen molar-refractivity contribution in [3.05, 3.63) is 65.0 Å². The summed E-state index contributed by atoms with van der Waals surface area (Å²) in [5.74, 6) is 0.549. The van der Waals surface area contributed by atoms with Crippen molar-refractivity contribution in [3.8, 4) is 0 Å². The van der Waals surface area contributed by atoms with E-state index < -0.39 is 0 Å². The topological polar surface area (TPSA) is 46.3 Å². The van der Waals surface area contributed by atoms with Gasteiger partial charge >= 0.3 is 0 Å². The molecule has 3 heterocycles. The Balaban J connectivity index is 1.61. The summed E-state index contributed by atoms with van der Waals surface area (Å²) in [5.41, 5.74) is 0.780. The van der Waals surface area contributed by atoms with Crippen LogP contribution in [0.4, 0.5) is 4.39 Å². The highest BCUT2D eigenvalue weighted by molar-refractivity contribution is 6.33. The van der Waals surface area contributed by atoms with Gasteiger partial charge in [0.15, 0.2) is 0 Å². The van der Waals surface area contributed by atoms with Gasteiger partial charge in [0.1, 0.15) is 16.7 Å². The molecule has 3 aromatic rings. The van der Waals surface area contributed by atoms with E-state index in [1.54, 1.807) is 23.3 Å². The fraction of sp³-hybridized carbons (Fsp3) is 0.222. The Hall–Kier alpha value is -2.40. The third-order valence-electron chi connectivity index (χ3n) is 4.38. The van der Waals surface area contributed by atoms with Gasteiger partial charge in [-0.3, -0.25) is 4.79 Å². The molecule has 0 bridgehead atoms. The monoisotopic (exact) mass is 344 g/mol. The predicted octanol–water partition coefficient (Wildman–Crippen LogP) is 4.25. The number of hydrogen-bond donors (Lipinski definition) is 0. The Morgan fingerprint density at radius 1 is 1.33 bits per heavy atom. The van der Waals surface area contributed by atoms with Crippen LogP contribution in [0.25, 0.3) is 10.9 Å². The van der Waals surface area contributed by atoms with Crippen LogP contribution in [0.1, 0.15) is 28.5 Å². The first kappa shape index (κ1) is 15.1. The molecular formula is C18H14ClFN2O2. The lowest BCUT2D eigenvalue weighted by molar-refractivity contribution is 0.0790.